The van der Waals surface area contributed by atoms with Crippen molar-refractivity contribution in [2.45, 2.75) is 44.2 Å². The Kier molecular flexibility index (Phi) is 6.32. The number of aromatic nitrogens is 2. The maximum atomic E-state index is 13.4. The summed E-state index contributed by atoms with van der Waals surface area (Å²) < 4.78 is 40.3. The summed E-state index contributed by atoms with van der Waals surface area (Å²) in [4.78, 5) is 7.94. The minimum Gasteiger partial charge on any atom is -0.340 e. The van der Waals surface area contributed by atoms with Gasteiger partial charge in [-0.1, -0.05) is 43.0 Å². The molecule has 1 heterocycles. The van der Waals surface area contributed by atoms with Crippen LogP contribution in [0.3, 0.4) is 0 Å². The average molecular weight is 447 g/mol. The van der Waals surface area contributed by atoms with E-state index >= 15 is 0 Å². The highest BCUT2D eigenvalue weighted by Crippen LogP contribution is 2.36. The Bertz CT molecular complexity index is 1010. The van der Waals surface area contributed by atoms with E-state index in [-0.39, 0.29) is 11.8 Å². The van der Waals surface area contributed by atoms with Crippen molar-refractivity contribution in [3.05, 3.63) is 70.9 Å². The largest absolute Gasteiger partial charge is 0.421 e. The molecule has 0 unspecified atom stereocenters. The van der Waals surface area contributed by atoms with Gasteiger partial charge in [-0.25, -0.2) is 4.98 Å². The molecule has 0 saturated heterocycles. The van der Waals surface area contributed by atoms with Gasteiger partial charge in [-0.05, 0) is 60.7 Å². The van der Waals surface area contributed by atoms with E-state index in [0.29, 0.717) is 16.6 Å². The van der Waals surface area contributed by atoms with Crippen LogP contribution >= 0.6 is 11.6 Å². The van der Waals surface area contributed by atoms with Crippen LogP contribution in [0, 0.1) is 0 Å². The van der Waals surface area contributed by atoms with Crippen LogP contribution in [-0.4, -0.2) is 9.97 Å². The molecule has 4 nitrogen and oxygen atoms in total. The second-order valence-corrected chi connectivity index (χ2v) is 8.10. The number of alkyl halides is 3. The van der Waals surface area contributed by atoms with Gasteiger partial charge in [0.05, 0.1) is 0 Å². The smallest absolute Gasteiger partial charge is 0.340 e. The van der Waals surface area contributed by atoms with Crippen LogP contribution in [0.15, 0.2) is 54.7 Å². The fourth-order valence-electron chi connectivity index (χ4n) is 3.82. The summed E-state index contributed by atoms with van der Waals surface area (Å²) in [7, 11) is 0. The number of nitrogens with zero attached hydrogens (tertiary/aromatic N) is 2. The third-order valence-corrected chi connectivity index (χ3v) is 5.70. The monoisotopic (exact) mass is 446 g/mol. The number of anilines is 4. The Morgan fingerprint density at radius 1 is 0.839 bits per heavy atom. The van der Waals surface area contributed by atoms with Crippen molar-refractivity contribution in [1.29, 1.82) is 0 Å². The van der Waals surface area contributed by atoms with Gasteiger partial charge in [0, 0.05) is 22.6 Å². The van der Waals surface area contributed by atoms with Crippen LogP contribution in [0.2, 0.25) is 5.02 Å². The number of halogens is 4. The average Bonchev–Trinajstić information content (AvgIpc) is 2.76. The molecule has 0 atom stereocenters. The molecule has 0 bridgehead atoms. The molecular formula is C23H22ClF3N4. The Morgan fingerprint density at radius 2 is 1.45 bits per heavy atom. The first-order valence-electron chi connectivity index (χ1n) is 10.2. The summed E-state index contributed by atoms with van der Waals surface area (Å²) >= 11 is 5.85. The van der Waals surface area contributed by atoms with Gasteiger partial charge in [0.15, 0.2) is 0 Å². The number of rotatable bonds is 5. The molecule has 1 fully saturated rings. The maximum Gasteiger partial charge on any atom is 0.421 e. The van der Waals surface area contributed by atoms with Gasteiger partial charge in [-0.3, -0.25) is 0 Å². The lowest BCUT2D eigenvalue weighted by Crippen LogP contribution is -2.12. The molecule has 1 aliphatic rings. The molecule has 4 rings (SSSR count). The van der Waals surface area contributed by atoms with Crippen molar-refractivity contribution in [1.82, 2.24) is 9.97 Å². The van der Waals surface area contributed by atoms with Crippen LogP contribution in [0.4, 0.5) is 36.3 Å². The van der Waals surface area contributed by atoms with Crippen molar-refractivity contribution in [3.8, 4) is 0 Å². The van der Waals surface area contributed by atoms with Gasteiger partial charge < -0.3 is 10.6 Å². The minimum atomic E-state index is -4.59. The molecule has 3 aromatic rings. The number of hydrogen-bond donors (Lipinski definition) is 2. The van der Waals surface area contributed by atoms with Crippen LogP contribution in [0.5, 0.6) is 0 Å². The predicted octanol–water partition coefficient (Wildman–Crippen LogP) is 7.68. The summed E-state index contributed by atoms with van der Waals surface area (Å²) in [5.41, 5.74) is 1.51. The first-order chi connectivity index (χ1) is 14.9. The zero-order valence-corrected chi connectivity index (χ0v) is 17.5. The normalized spacial score (nSPS) is 15.0. The van der Waals surface area contributed by atoms with Crippen LogP contribution in [-0.2, 0) is 6.18 Å². The minimum absolute atomic E-state index is 0.0786. The van der Waals surface area contributed by atoms with Crippen LogP contribution < -0.4 is 10.6 Å². The molecule has 2 N–H and O–H groups in total. The number of hydrogen-bond acceptors (Lipinski definition) is 4. The van der Waals surface area contributed by atoms with Gasteiger partial charge in [-0.15, -0.1) is 0 Å². The van der Waals surface area contributed by atoms with Gasteiger partial charge in [-0.2, -0.15) is 18.2 Å². The van der Waals surface area contributed by atoms with Crippen LogP contribution in [0.25, 0.3) is 0 Å². The highest BCUT2D eigenvalue weighted by molar-refractivity contribution is 6.30. The Hall–Kier alpha value is -2.80. The number of benzene rings is 2. The molecule has 0 spiro atoms. The van der Waals surface area contributed by atoms with Crippen LogP contribution in [0.1, 0.15) is 49.1 Å². The highest BCUT2D eigenvalue weighted by atomic mass is 35.5. The van der Waals surface area contributed by atoms with Crippen molar-refractivity contribution in [3.63, 3.8) is 0 Å². The number of nitrogens with one attached hydrogen (secondary N) is 2. The Morgan fingerprint density at radius 3 is 2.10 bits per heavy atom. The summed E-state index contributed by atoms with van der Waals surface area (Å²) in [6.07, 6.45) is 2.41. The van der Waals surface area contributed by atoms with E-state index in [1.54, 1.807) is 24.3 Å². The zero-order valence-electron chi connectivity index (χ0n) is 16.7. The second-order valence-electron chi connectivity index (χ2n) is 7.67. The third kappa shape index (κ3) is 5.47. The first-order valence-corrected chi connectivity index (χ1v) is 10.6. The van der Waals surface area contributed by atoms with Crippen molar-refractivity contribution in [2.75, 3.05) is 10.6 Å². The summed E-state index contributed by atoms with van der Waals surface area (Å²) in [5.74, 6) is 0.335. The molecule has 162 valence electrons. The molecule has 31 heavy (non-hydrogen) atoms. The van der Waals surface area contributed by atoms with E-state index < -0.39 is 11.7 Å². The van der Waals surface area contributed by atoms with Crippen molar-refractivity contribution >= 4 is 34.7 Å². The standard InChI is InChI=1S/C23H22ClF3N4/c24-17-8-12-18(13-9-17)29-21-20(23(25,26)27)14-28-22(31-21)30-19-10-6-16(7-11-19)15-4-2-1-3-5-15/h6-15H,1-5H2,(H2,28,29,30,31). The van der Waals surface area contributed by atoms with Gasteiger partial charge in [0.25, 0.3) is 0 Å². The molecule has 0 aliphatic heterocycles. The lowest BCUT2D eigenvalue weighted by molar-refractivity contribution is -0.137. The molecule has 1 saturated carbocycles. The Balaban J connectivity index is 1.54. The van der Waals surface area contributed by atoms with E-state index in [1.165, 1.54) is 37.7 Å². The van der Waals surface area contributed by atoms with Gasteiger partial charge >= 0.3 is 6.18 Å². The topological polar surface area (TPSA) is 49.8 Å². The van der Waals surface area contributed by atoms with E-state index in [2.05, 4.69) is 32.7 Å². The summed E-state index contributed by atoms with van der Waals surface area (Å²) in [5, 5.41) is 6.20. The molecule has 8 heteroatoms. The molecule has 0 amide bonds. The quantitative estimate of drug-likeness (QED) is 0.422. The van der Waals surface area contributed by atoms with E-state index in [9.17, 15) is 13.2 Å². The SMILES string of the molecule is FC(F)(F)c1cnc(Nc2ccc(C3CCCCC3)cc2)nc1Nc1ccc(Cl)cc1. The lowest BCUT2D eigenvalue weighted by Gasteiger charge is -2.22. The molecular weight excluding hydrogens is 425 g/mol. The van der Waals surface area contributed by atoms with Crippen molar-refractivity contribution in [2.24, 2.45) is 0 Å². The molecule has 1 aliphatic carbocycles. The predicted molar refractivity (Wildman–Crippen MR) is 117 cm³/mol. The van der Waals surface area contributed by atoms with E-state index in [1.807, 2.05) is 12.1 Å². The lowest BCUT2D eigenvalue weighted by atomic mass is 9.84. The van der Waals surface area contributed by atoms with Gasteiger partial charge in [0.2, 0.25) is 5.95 Å². The molecule has 0 radical (unpaired) electrons. The highest BCUT2D eigenvalue weighted by Gasteiger charge is 2.35. The third-order valence-electron chi connectivity index (χ3n) is 5.44. The van der Waals surface area contributed by atoms with E-state index in [0.717, 1.165) is 11.9 Å². The second kappa shape index (κ2) is 9.14. The van der Waals surface area contributed by atoms with E-state index in [4.69, 9.17) is 11.6 Å². The van der Waals surface area contributed by atoms with Crippen molar-refractivity contribution < 1.29 is 13.2 Å². The summed E-state index contributed by atoms with van der Waals surface area (Å²) in [6.45, 7) is 0. The van der Waals surface area contributed by atoms with Gasteiger partial charge in [0.1, 0.15) is 11.4 Å². The fourth-order valence-corrected chi connectivity index (χ4v) is 3.94. The Labute approximate surface area is 183 Å². The zero-order chi connectivity index (χ0) is 21.8. The molecule has 2 aromatic carbocycles. The summed E-state index contributed by atoms with van der Waals surface area (Å²) in [6, 6.07) is 14.3. The maximum absolute atomic E-state index is 13.4. The molecule has 1 aromatic heterocycles. The first kappa shape index (κ1) is 21.4. The fraction of sp³-hybridized carbons (Fsp3) is 0.304.